The van der Waals surface area contributed by atoms with Gasteiger partial charge >= 0.3 is 0 Å². The summed E-state index contributed by atoms with van der Waals surface area (Å²) >= 11 is 1.35. The zero-order chi connectivity index (χ0) is 16.7. The number of tetrazole rings is 1. The van der Waals surface area contributed by atoms with E-state index in [0.717, 1.165) is 42.6 Å². The minimum Gasteiger partial charge on any atom is -0.355 e. The van der Waals surface area contributed by atoms with Crippen LogP contribution < -0.4 is 5.32 Å². The van der Waals surface area contributed by atoms with Crippen LogP contribution in [0.1, 0.15) is 37.3 Å². The topological polar surface area (TPSA) is 72.7 Å². The quantitative estimate of drug-likeness (QED) is 0.594. The molecule has 0 atom stereocenters. The molecule has 0 saturated carbocycles. The van der Waals surface area contributed by atoms with Gasteiger partial charge in [-0.05, 0) is 41.8 Å². The number of carbonyl (C=O) groups excluding carboxylic acids is 1. The van der Waals surface area contributed by atoms with Gasteiger partial charge in [0.05, 0.1) is 11.4 Å². The summed E-state index contributed by atoms with van der Waals surface area (Å²) in [5.74, 6) is 0.333. The van der Waals surface area contributed by atoms with E-state index in [1.54, 1.807) is 4.68 Å². The zero-order valence-corrected chi connectivity index (χ0v) is 14.7. The molecule has 0 aliphatic heterocycles. The van der Waals surface area contributed by atoms with Gasteiger partial charge in [-0.15, -0.1) is 5.10 Å². The minimum absolute atomic E-state index is 0.0159. The number of nitrogens with zero attached hydrogens (tertiary/aromatic N) is 4. The molecule has 23 heavy (non-hydrogen) atoms. The van der Waals surface area contributed by atoms with Crippen LogP contribution >= 0.6 is 11.8 Å². The van der Waals surface area contributed by atoms with Crippen LogP contribution in [0.25, 0.3) is 5.69 Å². The van der Waals surface area contributed by atoms with Gasteiger partial charge in [-0.2, -0.15) is 4.68 Å². The van der Waals surface area contributed by atoms with Crippen LogP contribution in [-0.4, -0.2) is 38.4 Å². The largest absolute Gasteiger partial charge is 0.355 e. The smallest absolute Gasteiger partial charge is 0.230 e. The van der Waals surface area contributed by atoms with Gasteiger partial charge in [0.1, 0.15) is 0 Å². The van der Waals surface area contributed by atoms with Crippen LogP contribution in [0.4, 0.5) is 0 Å². The monoisotopic (exact) mass is 333 g/mol. The Bertz CT molecular complexity index is 635. The standard InChI is InChI=1S/C16H23N5OS/c1-4-5-6-10-17-14(22)11-23-16-18-19-20-21(16)15-12(2)8-7-9-13(15)3/h7-9H,4-6,10-11H2,1-3H3,(H,17,22). The molecule has 0 unspecified atom stereocenters. The molecule has 2 rings (SSSR count). The molecule has 0 aliphatic rings. The van der Waals surface area contributed by atoms with Crippen molar-refractivity contribution in [2.24, 2.45) is 0 Å². The number of unbranched alkanes of at least 4 members (excludes halogenated alkanes) is 2. The molecule has 1 aromatic carbocycles. The summed E-state index contributed by atoms with van der Waals surface area (Å²) < 4.78 is 1.71. The fourth-order valence-electron chi connectivity index (χ4n) is 2.33. The molecule has 2 aromatic rings. The maximum absolute atomic E-state index is 11.9. The molecule has 0 saturated heterocycles. The van der Waals surface area contributed by atoms with Gasteiger partial charge in [-0.1, -0.05) is 49.7 Å². The number of benzene rings is 1. The van der Waals surface area contributed by atoms with E-state index in [-0.39, 0.29) is 5.91 Å². The summed E-state index contributed by atoms with van der Waals surface area (Å²) in [5, 5.41) is 15.4. The Morgan fingerprint density at radius 1 is 1.26 bits per heavy atom. The second-order valence-electron chi connectivity index (χ2n) is 5.46. The molecule has 7 heteroatoms. The number of para-hydroxylation sites is 1. The van der Waals surface area contributed by atoms with E-state index < -0.39 is 0 Å². The number of aromatic nitrogens is 4. The van der Waals surface area contributed by atoms with Crippen molar-refractivity contribution in [3.63, 3.8) is 0 Å². The van der Waals surface area contributed by atoms with Crippen molar-refractivity contribution in [1.29, 1.82) is 0 Å². The van der Waals surface area contributed by atoms with E-state index in [1.165, 1.54) is 11.8 Å². The Labute approximate surface area is 141 Å². The number of carbonyl (C=O) groups is 1. The van der Waals surface area contributed by atoms with Crippen LogP contribution in [0.5, 0.6) is 0 Å². The molecule has 0 radical (unpaired) electrons. The van der Waals surface area contributed by atoms with Crippen molar-refractivity contribution >= 4 is 17.7 Å². The fourth-order valence-corrected chi connectivity index (χ4v) is 3.04. The third-order valence-electron chi connectivity index (χ3n) is 3.53. The molecule has 0 aliphatic carbocycles. The number of amides is 1. The van der Waals surface area contributed by atoms with Crippen molar-refractivity contribution in [3.05, 3.63) is 29.3 Å². The first kappa shape index (κ1) is 17.5. The maximum Gasteiger partial charge on any atom is 0.230 e. The summed E-state index contributed by atoms with van der Waals surface area (Å²) in [6.45, 7) is 6.93. The minimum atomic E-state index is 0.0159. The number of rotatable bonds is 8. The highest BCUT2D eigenvalue weighted by Gasteiger charge is 2.14. The molecule has 0 fully saturated rings. The average Bonchev–Trinajstić information content (AvgIpc) is 2.98. The third kappa shape index (κ3) is 4.79. The first-order valence-electron chi connectivity index (χ1n) is 7.88. The van der Waals surface area contributed by atoms with Crippen molar-refractivity contribution < 1.29 is 4.79 Å². The predicted molar refractivity (Wildman–Crippen MR) is 91.9 cm³/mol. The second kappa shape index (κ2) is 8.67. The fraction of sp³-hybridized carbons (Fsp3) is 0.500. The first-order valence-corrected chi connectivity index (χ1v) is 8.86. The van der Waals surface area contributed by atoms with Crippen LogP contribution in [0, 0.1) is 13.8 Å². The van der Waals surface area contributed by atoms with Crippen LogP contribution in [0.2, 0.25) is 0 Å². The van der Waals surface area contributed by atoms with Gasteiger partial charge in [-0.3, -0.25) is 4.79 Å². The lowest BCUT2D eigenvalue weighted by Crippen LogP contribution is -2.26. The normalized spacial score (nSPS) is 10.7. The lowest BCUT2D eigenvalue weighted by molar-refractivity contribution is -0.118. The van der Waals surface area contributed by atoms with E-state index in [0.29, 0.717) is 10.9 Å². The number of hydrogen-bond acceptors (Lipinski definition) is 5. The van der Waals surface area contributed by atoms with Gasteiger partial charge in [-0.25, -0.2) is 0 Å². The molecule has 0 bridgehead atoms. The molecular formula is C16H23N5OS. The van der Waals surface area contributed by atoms with Crippen molar-refractivity contribution in [1.82, 2.24) is 25.5 Å². The highest BCUT2D eigenvalue weighted by molar-refractivity contribution is 7.99. The Hall–Kier alpha value is -1.89. The Morgan fingerprint density at radius 3 is 2.70 bits per heavy atom. The summed E-state index contributed by atoms with van der Waals surface area (Å²) in [7, 11) is 0. The number of hydrogen-bond donors (Lipinski definition) is 1. The average molecular weight is 333 g/mol. The van der Waals surface area contributed by atoms with Crippen LogP contribution in [0.3, 0.4) is 0 Å². The molecule has 1 aromatic heterocycles. The summed E-state index contributed by atoms with van der Waals surface area (Å²) in [4.78, 5) is 11.9. The molecule has 1 amide bonds. The number of thioether (sulfide) groups is 1. The molecule has 1 heterocycles. The summed E-state index contributed by atoms with van der Waals surface area (Å²) in [6, 6.07) is 6.06. The Kier molecular flexibility index (Phi) is 6.58. The maximum atomic E-state index is 11.9. The molecule has 0 spiro atoms. The Balaban J connectivity index is 1.98. The van der Waals surface area contributed by atoms with E-state index in [4.69, 9.17) is 0 Å². The highest BCUT2D eigenvalue weighted by atomic mass is 32.2. The summed E-state index contributed by atoms with van der Waals surface area (Å²) in [5.41, 5.74) is 3.18. The molecular weight excluding hydrogens is 310 g/mol. The van der Waals surface area contributed by atoms with Crippen molar-refractivity contribution in [2.45, 2.75) is 45.2 Å². The lowest BCUT2D eigenvalue weighted by Gasteiger charge is -2.10. The molecule has 124 valence electrons. The Morgan fingerprint density at radius 2 is 2.00 bits per heavy atom. The van der Waals surface area contributed by atoms with Gasteiger partial charge < -0.3 is 5.32 Å². The predicted octanol–water partition coefficient (Wildman–Crippen LogP) is 2.68. The number of aryl methyl sites for hydroxylation is 2. The van der Waals surface area contributed by atoms with Gasteiger partial charge in [0, 0.05) is 6.54 Å². The summed E-state index contributed by atoms with van der Waals surface area (Å²) in [6.07, 6.45) is 3.31. The van der Waals surface area contributed by atoms with E-state index in [1.807, 2.05) is 32.0 Å². The van der Waals surface area contributed by atoms with Gasteiger partial charge in [0.2, 0.25) is 11.1 Å². The SMILES string of the molecule is CCCCCNC(=O)CSc1nnnn1-c1c(C)cccc1C. The first-order chi connectivity index (χ1) is 11.1. The van der Waals surface area contributed by atoms with E-state index in [9.17, 15) is 4.79 Å². The van der Waals surface area contributed by atoms with Gasteiger partial charge in [0.15, 0.2) is 0 Å². The second-order valence-corrected chi connectivity index (χ2v) is 6.40. The van der Waals surface area contributed by atoms with Crippen LogP contribution in [0.15, 0.2) is 23.4 Å². The zero-order valence-electron chi connectivity index (χ0n) is 13.9. The molecule has 6 nitrogen and oxygen atoms in total. The number of nitrogens with one attached hydrogen (secondary N) is 1. The van der Waals surface area contributed by atoms with Gasteiger partial charge in [0.25, 0.3) is 0 Å². The lowest BCUT2D eigenvalue weighted by atomic mass is 10.1. The van der Waals surface area contributed by atoms with Crippen LogP contribution in [-0.2, 0) is 4.79 Å². The van der Waals surface area contributed by atoms with Crippen molar-refractivity contribution in [3.8, 4) is 5.69 Å². The van der Waals surface area contributed by atoms with Crippen molar-refractivity contribution in [2.75, 3.05) is 12.3 Å². The third-order valence-corrected chi connectivity index (χ3v) is 4.45. The van der Waals surface area contributed by atoms with E-state index in [2.05, 4.69) is 27.8 Å². The van der Waals surface area contributed by atoms with E-state index >= 15 is 0 Å². The highest BCUT2D eigenvalue weighted by Crippen LogP contribution is 2.23. The molecule has 1 N–H and O–H groups in total.